The average molecular weight is 293 g/mol. The summed E-state index contributed by atoms with van der Waals surface area (Å²) in [7, 11) is 0. The summed E-state index contributed by atoms with van der Waals surface area (Å²) in [4.78, 5) is 23.7. The monoisotopic (exact) mass is 293 g/mol. The molecule has 0 heterocycles. The van der Waals surface area contributed by atoms with E-state index in [1.807, 2.05) is 13.0 Å². The summed E-state index contributed by atoms with van der Waals surface area (Å²) in [5, 5.41) is 2.45. The number of ketones is 1. The fourth-order valence-electron chi connectivity index (χ4n) is 1.60. The molecule has 1 N–H and O–H groups in total. The molecule has 1 rings (SSSR count). The molecule has 5 heteroatoms. The standard InChI is InChI=1S/C16H23NO4/c1-5-10-20-14-9-7-6-8-12(14)13(18)11-17-15(19)21-16(2,3)4/h6-9H,5,10-11H2,1-4H3,(H,17,19). The third-order valence-corrected chi connectivity index (χ3v) is 2.44. The molecule has 1 aromatic rings. The second-order valence-corrected chi connectivity index (χ2v) is 5.62. The van der Waals surface area contributed by atoms with E-state index in [1.54, 1.807) is 39.0 Å². The molecule has 0 atom stereocenters. The smallest absolute Gasteiger partial charge is 0.408 e. The Kier molecular flexibility index (Phi) is 6.21. The lowest BCUT2D eigenvalue weighted by Gasteiger charge is -2.19. The molecule has 0 fully saturated rings. The minimum Gasteiger partial charge on any atom is -0.493 e. The Morgan fingerprint density at radius 2 is 1.86 bits per heavy atom. The molecule has 0 saturated carbocycles. The van der Waals surface area contributed by atoms with Crippen LogP contribution in [-0.4, -0.2) is 30.6 Å². The summed E-state index contributed by atoms with van der Waals surface area (Å²) in [6.07, 6.45) is 0.251. The number of hydrogen-bond acceptors (Lipinski definition) is 4. The van der Waals surface area contributed by atoms with Gasteiger partial charge in [-0.05, 0) is 39.3 Å². The van der Waals surface area contributed by atoms with Gasteiger partial charge in [-0.2, -0.15) is 0 Å². The van der Waals surface area contributed by atoms with Crippen LogP contribution in [0.25, 0.3) is 0 Å². The second-order valence-electron chi connectivity index (χ2n) is 5.62. The molecule has 0 bridgehead atoms. The first-order valence-corrected chi connectivity index (χ1v) is 7.05. The number of hydrogen-bond donors (Lipinski definition) is 1. The summed E-state index contributed by atoms with van der Waals surface area (Å²) in [6.45, 7) is 7.71. The van der Waals surface area contributed by atoms with E-state index in [-0.39, 0.29) is 12.3 Å². The molecule has 0 aromatic heterocycles. The maximum absolute atomic E-state index is 12.1. The van der Waals surface area contributed by atoms with E-state index in [2.05, 4.69) is 5.32 Å². The van der Waals surface area contributed by atoms with Crippen molar-refractivity contribution in [2.45, 2.75) is 39.7 Å². The lowest BCUT2D eigenvalue weighted by Crippen LogP contribution is -2.35. The zero-order valence-electron chi connectivity index (χ0n) is 13.1. The van der Waals surface area contributed by atoms with E-state index in [4.69, 9.17) is 9.47 Å². The number of alkyl carbamates (subject to hydrolysis) is 1. The molecule has 1 amide bonds. The van der Waals surface area contributed by atoms with Crippen LogP contribution in [0.2, 0.25) is 0 Å². The van der Waals surface area contributed by atoms with E-state index in [0.717, 1.165) is 6.42 Å². The van der Waals surface area contributed by atoms with Crippen LogP contribution in [0.1, 0.15) is 44.5 Å². The summed E-state index contributed by atoms with van der Waals surface area (Å²) in [5.74, 6) is 0.322. The van der Waals surface area contributed by atoms with Crippen LogP contribution >= 0.6 is 0 Å². The van der Waals surface area contributed by atoms with Gasteiger partial charge in [-0.25, -0.2) is 4.79 Å². The lowest BCUT2D eigenvalue weighted by molar-refractivity contribution is 0.0520. The van der Waals surface area contributed by atoms with Crippen LogP contribution in [0, 0.1) is 0 Å². The zero-order valence-corrected chi connectivity index (χ0v) is 13.1. The van der Waals surface area contributed by atoms with Crippen molar-refractivity contribution < 1.29 is 19.1 Å². The molecule has 0 spiro atoms. The number of nitrogens with one attached hydrogen (secondary N) is 1. The molecule has 5 nitrogen and oxygen atoms in total. The van der Waals surface area contributed by atoms with E-state index in [0.29, 0.717) is 17.9 Å². The number of ether oxygens (including phenoxy) is 2. The van der Waals surface area contributed by atoms with Crippen molar-refractivity contribution in [2.75, 3.05) is 13.2 Å². The minimum absolute atomic E-state index is 0.124. The summed E-state index contributed by atoms with van der Waals surface area (Å²) in [6, 6.07) is 7.00. The largest absolute Gasteiger partial charge is 0.493 e. The van der Waals surface area contributed by atoms with Gasteiger partial charge in [0.15, 0.2) is 5.78 Å². The van der Waals surface area contributed by atoms with Crippen molar-refractivity contribution in [1.29, 1.82) is 0 Å². The maximum atomic E-state index is 12.1. The van der Waals surface area contributed by atoms with E-state index in [9.17, 15) is 9.59 Å². The number of para-hydroxylation sites is 1. The van der Waals surface area contributed by atoms with Crippen molar-refractivity contribution >= 4 is 11.9 Å². The third-order valence-electron chi connectivity index (χ3n) is 2.44. The maximum Gasteiger partial charge on any atom is 0.408 e. The van der Waals surface area contributed by atoms with Crippen LogP contribution < -0.4 is 10.1 Å². The van der Waals surface area contributed by atoms with E-state index >= 15 is 0 Å². The van der Waals surface area contributed by atoms with Gasteiger partial charge in [0.05, 0.1) is 18.7 Å². The van der Waals surface area contributed by atoms with Crippen LogP contribution in [0.4, 0.5) is 4.79 Å². The van der Waals surface area contributed by atoms with Crippen LogP contribution in [0.15, 0.2) is 24.3 Å². The Hall–Kier alpha value is -2.04. The van der Waals surface area contributed by atoms with Gasteiger partial charge in [0.1, 0.15) is 11.4 Å². The Morgan fingerprint density at radius 3 is 2.48 bits per heavy atom. The topological polar surface area (TPSA) is 64.6 Å². The predicted octanol–water partition coefficient (Wildman–Crippen LogP) is 3.18. The molecular weight excluding hydrogens is 270 g/mol. The van der Waals surface area contributed by atoms with Gasteiger partial charge >= 0.3 is 6.09 Å². The number of benzene rings is 1. The van der Waals surface area contributed by atoms with Crippen LogP contribution in [0.5, 0.6) is 5.75 Å². The number of carbonyl (C=O) groups is 2. The lowest BCUT2D eigenvalue weighted by atomic mass is 10.1. The quantitative estimate of drug-likeness (QED) is 0.818. The number of carbonyl (C=O) groups excluding carboxylic acids is 2. The number of amides is 1. The molecule has 0 saturated heterocycles. The summed E-state index contributed by atoms with van der Waals surface area (Å²) >= 11 is 0. The normalized spacial score (nSPS) is 10.9. The summed E-state index contributed by atoms with van der Waals surface area (Å²) in [5.41, 5.74) is -0.128. The molecule has 116 valence electrons. The fourth-order valence-corrected chi connectivity index (χ4v) is 1.60. The number of rotatable bonds is 6. The molecule has 21 heavy (non-hydrogen) atoms. The molecule has 0 aliphatic rings. The van der Waals surface area contributed by atoms with Crippen molar-refractivity contribution in [3.8, 4) is 5.75 Å². The first-order chi connectivity index (χ1) is 9.83. The van der Waals surface area contributed by atoms with Gasteiger partial charge < -0.3 is 14.8 Å². The Morgan fingerprint density at radius 1 is 1.19 bits per heavy atom. The molecule has 0 aliphatic heterocycles. The van der Waals surface area contributed by atoms with Crippen molar-refractivity contribution in [3.63, 3.8) is 0 Å². The van der Waals surface area contributed by atoms with Gasteiger partial charge in [-0.3, -0.25) is 4.79 Å². The third kappa shape index (κ3) is 6.29. The Bertz CT molecular complexity index is 491. The molecule has 0 unspecified atom stereocenters. The highest BCUT2D eigenvalue weighted by atomic mass is 16.6. The van der Waals surface area contributed by atoms with Crippen molar-refractivity contribution in [3.05, 3.63) is 29.8 Å². The molecule has 1 aromatic carbocycles. The zero-order chi connectivity index (χ0) is 15.9. The number of Topliss-reactive ketones (excluding diaryl/α,β-unsaturated/α-hetero) is 1. The highest BCUT2D eigenvalue weighted by molar-refractivity contribution is 6.01. The van der Waals surface area contributed by atoms with Crippen molar-refractivity contribution in [1.82, 2.24) is 5.32 Å². The van der Waals surface area contributed by atoms with Crippen LogP contribution in [-0.2, 0) is 4.74 Å². The fraction of sp³-hybridized carbons (Fsp3) is 0.500. The Labute approximate surface area is 125 Å². The second kappa shape index (κ2) is 7.67. The molecular formula is C16H23NO4. The van der Waals surface area contributed by atoms with E-state index < -0.39 is 11.7 Å². The van der Waals surface area contributed by atoms with Gasteiger partial charge in [0.2, 0.25) is 0 Å². The predicted molar refractivity (Wildman–Crippen MR) is 80.8 cm³/mol. The Balaban J connectivity index is 2.61. The minimum atomic E-state index is -0.609. The van der Waals surface area contributed by atoms with Gasteiger partial charge in [-0.1, -0.05) is 19.1 Å². The van der Waals surface area contributed by atoms with E-state index in [1.165, 1.54) is 0 Å². The summed E-state index contributed by atoms with van der Waals surface area (Å²) < 4.78 is 10.6. The first kappa shape index (κ1) is 17.0. The van der Waals surface area contributed by atoms with Crippen molar-refractivity contribution in [2.24, 2.45) is 0 Å². The van der Waals surface area contributed by atoms with Gasteiger partial charge in [0.25, 0.3) is 0 Å². The highest BCUT2D eigenvalue weighted by Crippen LogP contribution is 2.18. The average Bonchev–Trinajstić information content (AvgIpc) is 2.41. The highest BCUT2D eigenvalue weighted by Gasteiger charge is 2.18. The van der Waals surface area contributed by atoms with Crippen LogP contribution in [0.3, 0.4) is 0 Å². The first-order valence-electron chi connectivity index (χ1n) is 7.05. The van der Waals surface area contributed by atoms with Gasteiger partial charge in [0, 0.05) is 0 Å². The molecule has 0 radical (unpaired) electrons. The van der Waals surface area contributed by atoms with Gasteiger partial charge in [-0.15, -0.1) is 0 Å². The molecule has 0 aliphatic carbocycles. The SMILES string of the molecule is CCCOc1ccccc1C(=O)CNC(=O)OC(C)(C)C.